The average Bonchev–Trinajstić information content (AvgIpc) is 2.57. The number of hydrogen-bond donors (Lipinski definition) is 2. The van der Waals surface area contributed by atoms with Crippen LogP contribution in [0.4, 0.5) is 16.2 Å². The minimum Gasteiger partial charge on any atom is -0.377 e. The Hall–Kier alpha value is -2.24. The summed E-state index contributed by atoms with van der Waals surface area (Å²) in [4.78, 5) is 29.1. The van der Waals surface area contributed by atoms with Crippen molar-refractivity contribution in [1.29, 1.82) is 0 Å². The lowest BCUT2D eigenvalue weighted by molar-refractivity contribution is -0.118. The van der Waals surface area contributed by atoms with Crippen molar-refractivity contribution in [3.8, 4) is 0 Å². The van der Waals surface area contributed by atoms with Gasteiger partial charge in [-0.1, -0.05) is 27.7 Å². The molecule has 0 unspecified atom stereocenters. The number of nitrogens with zero attached hydrogens (tertiary/aromatic N) is 2. The van der Waals surface area contributed by atoms with Gasteiger partial charge in [0.15, 0.2) is 0 Å². The summed E-state index contributed by atoms with van der Waals surface area (Å²) in [5, 5.41) is 6.05. The molecular weight excluding hydrogens is 364 g/mol. The Morgan fingerprint density at radius 2 is 1.62 bits per heavy atom. The topological polar surface area (TPSA) is 64.7 Å². The molecule has 0 saturated carbocycles. The van der Waals surface area contributed by atoms with Crippen LogP contribution in [0.25, 0.3) is 0 Å². The molecule has 2 N–H and O–H groups in total. The first kappa shape index (κ1) is 24.8. The average molecular weight is 405 g/mol. The molecule has 29 heavy (non-hydrogen) atoms. The maximum absolute atomic E-state index is 13.1. The third kappa shape index (κ3) is 7.59. The molecule has 1 atom stereocenters. The van der Waals surface area contributed by atoms with Crippen LogP contribution in [0, 0.1) is 11.8 Å². The van der Waals surface area contributed by atoms with E-state index in [4.69, 9.17) is 0 Å². The van der Waals surface area contributed by atoms with E-state index in [0.717, 1.165) is 16.9 Å². The van der Waals surface area contributed by atoms with Gasteiger partial charge in [0, 0.05) is 49.5 Å². The van der Waals surface area contributed by atoms with Gasteiger partial charge >= 0.3 is 6.03 Å². The molecule has 1 aromatic rings. The molecule has 0 fully saturated rings. The summed E-state index contributed by atoms with van der Waals surface area (Å²) in [5.41, 5.74) is 2.45. The van der Waals surface area contributed by atoms with E-state index in [9.17, 15) is 9.59 Å². The Kier molecular flexibility index (Phi) is 8.54. The van der Waals surface area contributed by atoms with Gasteiger partial charge in [-0.05, 0) is 57.4 Å². The van der Waals surface area contributed by atoms with Crippen LogP contribution in [-0.4, -0.2) is 42.5 Å². The van der Waals surface area contributed by atoms with Crippen LogP contribution in [-0.2, 0) is 11.3 Å². The maximum atomic E-state index is 13.1. The summed E-state index contributed by atoms with van der Waals surface area (Å²) in [7, 11) is 3.97. The fourth-order valence-electron chi connectivity index (χ4n) is 2.85. The second-order valence-corrected chi connectivity index (χ2v) is 9.67. The third-order valence-corrected chi connectivity index (χ3v) is 4.89. The number of hydrogen-bond acceptors (Lipinski definition) is 3. The van der Waals surface area contributed by atoms with Crippen LogP contribution in [0.15, 0.2) is 18.2 Å². The SMILES string of the molecule is CC(C)C(=O)Nc1ccc(N(C)C)c(CN(C(=O)NC(C)(C)C)[C@H](C)C(C)C)c1. The minimum absolute atomic E-state index is 0.0218. The number of anilines is 2. The van der Waals surface area contributed by atoms with E-state index in [2.05, 4.69) is 31.4 Å². The van der Waals surface area contributed by atoms with Gasteiger partial charge < -0.3 is 20.4 Å². The Bertz CT molecular complexity index is 705. The molecule has 164 valence electrons. The molecule has 3 amide bonds. The smallest absolute Gasteiger partial charge is 0.318 e. The van der Waals surface area contributed by atoms with Crippen LogP contribution in [0.2, 0.25) is 0 Å². The van der Waals surface area contributed by atoms with Gasteiger partial charge in [-0.2, -0.15) is 0 Å². The molecule has 6 nitrogen and oxygen atoms in total. The minimum atomic E-state index is -0.316. The summed E-state index contributed by atoms with van der Waals surface area (Å²) >= 11 is 0. The molecule has 0 saturated heterocycles. The Morgan fingerprint density at radius 3 is 2.07 bits per heavy atom. The lowest BCUT2D eigenvalue weighted by atomic mass is 10.0. The fourth-order valence-corrected chi connectivity index (χ4v) is 2.85. The highest BCUT2D eigenvalue weighted by Crippen LogP contribution is 2.27. The van der Waals surface area contributed by atoms with Crippen LogP contribution in [0.1, 0.15) is 61.0 Å². The summed E-state index contributed by atoms with van der Waals surface area (Å²) in [5.74, 6) is 0.195. The number of urea groups is 1. The van der Waals surface area contributed by atoms with Crippen LogP contribution in [0.3, 0.4) is 0 Å². The molecule has 0 aliphatic carbocycles. The molecule has 0 bridgehead atoms. The number of amides is 3. The molecule has 1 rings (SSSR count). The van der Waals surface area contributed by atoms with E-state index in [-0.39, 0.29) is 29.4 Å². The summed E-state index contributed by atoms with van der Waals surface area (Å²) in [6.07, 6.45) is 0. The highest BCUT2D eigenvalue weighted by molar-refractivity contribution is 5.92. The molecular formula is C23H40N4O2. The molecule has 6 heteroatoms. The molecule has 1 aromatic carbocycles. The van der Waals surface area contributed by atoms with E-state index in [1.165, 1.54) is 0 Å². The number of carbonyl (C=O) groups excluding carboxylic acids is 2. The van der Waals surface area contributed by atoms with E-state index in [0.29, 0.717) is 12.5 Å². The van der Waals surface area contributed by atoms with Crippen molar-refractivity contribution < 1.29 is 9.59 Å². The zero-order chi connectivity index (χ0) is 22.5. The molecule has 0 aliphatic rings. The fraction of sp³-hybridized carbons (Fsp3) is 0.652. The van der Waals surface area contributed by atoms with Gasteiger partial charge in [0.05, 0.1) is 0 Å². The van der Waals surface area contributed by atoms with Crippen molar-refractivity contribution >= 4 is 23.3 Å². The van der Waals surface area contributed by atoms with Crippen LogP contribution < -0.4 is 15.5 Å². The highest BCUT2D eigenvalue weighted by Gasteiger charge is 2.27. The largest absolute Gasteiger partial charge is 0.377 e. The quantitative estimate of drug-likeness (QED) is 0.692. The van der Waals surface area contributed by atoms with Gasteiger partial charge in [-0.15, -0.1) is 0 Å². The van der Waals surface area contributed by atoms with Gasteiger partial charge in [0.1, 0.15) is 0 Å². The third-order valence-electron chi connectivity index (χ3n) is 4.89. The lowest BCUT2D eigenvalue weighted by Crippen LogP contribution is -2.52. The van der Waals surface area contributed by atoms with Crippen molar-refractivity contribution in [3.63, 3.8) is 0 Å². The van der Waals surface area contributed by atoms with E-state index in [1.54, 1.807) is 0 Å². The van der Waals surface area contributed by atoms with Gasteiger partial charge in [0.2, 0.25) is 5.91 Å². The van der Waals surface area contributed by atoms with Gasteiger partial charge in [-0.25, -0.2) is 4.79 Å². The normalized spacial score (nSPS) is 12.7. The van der Waals surface area contributed by atoms with Crippen molar-refractivity contribution in [2.24, 2.45) is 11.8 Å². The first-order valence-corrected chi connectivity index (χ1v) is 10.4. The maximum Gasteiger partial charge on any atom is 0.318 e. The zero-order valence-corrected chi connectivity index (χ0v) is 19.9. The molecule has 0 aliphatic heterocycles. The predicted octanol–water partition coefficient (Wildman–Crippen LogP) is 4.70. The summed E-state index contributed by atoms with van der Waals surface area (Å²) in [6.45, 7) is 16.5. The van der Waals surface area contributed by atoms with Gasteiger partial charge in [0.25, 0.3) is 0 Å². The van der Waals surface area contributed by atoms with Crippen molar-refractivity contribution in [3.05, 3.63) is 23.8 Å². The summed E-state index contributed by atoms with van der Waals surface area (Å²) in [6, 6.07) is 5.84. The number of nitrogens with one attached hydrogen (secondary N) is 2. The predicted molar refractivity (Wildman–Crippen MR) is 122 cm³/mol. The number of carbonyl (C=O) groups is 2. The second kappa shape index (κ2) is 9.99. The van der Waals surface area contributed by atoms with Gasteiger partial charge in [-0.3, -0.25) is 4.79 Å². The van der Waals surface area contributed by atoms with E-state index < -0.39 is 0 Å². The molecule has 0 radical (unpaired) electrons. The molecule has 0 aromatic heterocycles. The van der Waals surface area contributed by atoms with Crippen molar-refractivity contribution in [2.75, 3.05) is 24.3 Å². The standard InChI is InChI=1S/C23H40N4O2/c1-15(2)17(5)27(22(29)25-23(6,7)8)14-18-13-19(24-21(28)16(3)4)11-12-20(18)26(9)10/h11-13,15-17H,14H2,1-10H3,(H,24,28)(H,25,29)/t17-/m1/s1. The second-order valence-electron chi connectivity index (χ2n) is 9.67. The molecule has 0 spiro atoms. The van der Waals surface area contributed by atoms with Crippen LogP contribution >= 0.6 is 0 Å². The Morgan fingerprint density at radius 1 is 1.03 bits per heavy atom. The van der Waals surface area contributed by atoms with E-state index in [1.807, 2.05) is 76.7 Å². The van der Waals surface area contributed by atoms with Crippen LogP contribution in [0.5, 0.6) is 0 Å². The Balaban J connectivity index is 3.30. The number of rotatable bonds is 7. The van der Waals surface area contributed by atoms with Crippen molar-refractivity contribution in [1.82, 2.24) is 10.2 Å². The first-order valence-electron chi connectivity index (χ1n) is 10.4. The molecule has 0 heterocycles. The summed E-state index contributed by atoms with van der Waals surface area (Å²) < 4.78 is 0. The van der Waals surface area contributed by atoms with E-state index >= 15 is 0 Å². The lowest BCUT2D eigenvalue weighted by Gasteiger charge is -2.35. The highest BCUT2D eigenvalue weighted by atomic mass is 16.2. The zero-order valence-electron chi connectivity index (χ0n) is 19.9. The monoisotopic (exact) mass is 404 g/mol. The number of benzene rings is 1. The first-order chi connectivity index (χ1) is 13.2. The Labute approximate surface area is 177 Å². The van der Waals surface area contributed by atoms with Crippen molar-refractivity contribution in [2.45, 2.75) is 73.5 Å².